The van der Waals surface area contributed by atoms with Crippen LogP contribution in [-0.4, -0.2) is 51.7 Å². The first-order chi connectivity index (χ1) is 15.1. The number of piperidine rings is 1. The highest BCUT2D eigenvalue weighted by molar-refractivity contribution is 5.67. The van der Waals surface area contributed by atoms with Crippen LogP contribution >= 0.6 is 0 Å². The van der Waals surface area contributed by atoms with E-state index in [0.29, 0.717) is 38.4 Å². The number of imidazole rings is 1. The lowest BCUT2D eigenvalue weighted by Gasteiger charge is -2.36. The molecule has 3 heterocycles. The minimum Gasteiger partial charge on any atom is -0.445 e. The number of benzene rings is 1. The third-order valence-electron chi connectivity index (χ3n) is 6.42. The van der Waals surface area contributed by atoms with E-state index in [0.717, 1.165) is 17.6 Å². The number of fused-ring (bicyclic) bond motifs is 1. The van der Waals surface area contributed by atoms with E-state index in [4.69, 9.17) is 4.74 Å². The summed E-state index contributed by atoms with van der Waals surface area (Å²) < 4.78 is 22.8. The number of aromatic nitrogens is 2. The second-order valence-electron chi connectivity index (χ2n) is 8.62. The van der Waals surface area contributed by atoms with Gasteiger partial charge in [0.25, 0.3) is 0 Å². The van der Waals surface area contributed by atoms with Crippen LogP contribution in [0.25, 0.3) is 5.65 Å². The van der Waals surface area contributed by atoms with Gasteiger partial charge in [0.15, 0.2) is 0 Å². The number of rotatable bonds is 6. The predicted octanol–water partition coefficient (Wildman–Crippen LogP) is 3.92. The molecule has 162 valence electrons. The number of hydrogen-bond acceptors (Lipinski definition) is 4. The van der Waals surface area contributed by atoms with Crippen molar-refractivity contribution in [2.45, 2.75) is 43.5 Å². The van der Waals surface area contributed by atoms with E-state index in [-0.39, 0.29) is 18.7 Å². The molecular weight excluding hydrogens is 395 g/mol. The van der Waals surface area contributed by atoms with Crippen LogP contribution in [0, 0.1) is 0 Å². The Morgan fingerprint density at radius 3 is 2.74 bits per heavy atom. The minimum absolute atomic E-state index is 0.241. The smallest absolute Gasteiger partial charge is 0.410 e. The second kappa shape index (κ2) is 8.30. The minimum atomic E-state index is -1.29. The highest BCUT2D eigenvalue weighted by Gasteiger charge is 2.43. The molecule has 6 nitrogen and oxygen atoms in total. The Bertz CT molecular complexity index is 1050. The van der Waals surface area contributed by atoms with Crippen molar-refractivity contribution in [2.75, 3.05) is 19.6 Å². The van der Waals surface area contributed by atoms with Gasteiger partial charge in [-0.2, -0.15) is 0 Å². The number of nitrogens with one attached hydrogen (secondary N) is 1. The molecule has 1 aliphatic heterocycles. The molecule has 5 rings (SSSR count). The molecule has 0 bridgehead atoms. The first-order valence-corrected chi connectivity index (χ1v) is 10.9. The Morgan fingerprint density at radius 2 is 1.94 bits per heavy atom. The van der Waals surface area contributed by atoms with Crippen molar-refractivity contribution < 1.29 is 13.9 Å². The molecule has 1 N–H and O–H groups in total. The average Bonchev–Trinajstić information content (AvgIpc) is 3.46. The monoisotopic (exact) mass is 422 g/mol. The topological polar surface area (TPSA) is 58.9 Å². The number of alkyl halides is 1. The Balaban J connectivity index is 1.08. The van der Waals surface area contributed by atoms with Crippen LogP contribution in [0.2, 0.25) is 0 Å². The summed E-state index contributed by atoms with van der Waals surface area (Å²) in [6, 6.07) is 15.8. The fourth-order valence-electron chi connectivity index (χ4n) is 4.37. The molecule has 2 unspecified atom stereocenters. The van der Waals surface area contributed by atoms with Crippen molar-refractivity contribution in [1.82, 2.24) is 19.6 Å². The summed E-state index contributed by atoms with van der Waals surface area (Å²) in [5.41, 5.74) is 1.78. The number of ether oxygens (including phenoxy) is 1. The average molecular weight is 423 g/mol. The van der Waals surface area contributed by atoms with Gasteiger partial charge in [-0.3, -0.25) is 0 Å². The number of nitrogens with zero attached hydrogens (tertiary/aromatic N) is 3. The van der Waals surface area contributed by atoms with Crippen molar-refractivity contribution in [3.8, 4) is 0 Å². The highest BCUT2D eigenvalue weighted by atomic mass is 19.1. The second-order valence-corrected chi connectivity index (χ2v) is 8.62. The number of halogens is 1. The molecule has 2 aliphatic rings. The van der Waals surface area contributed by atoms with Gasteiger partial charge in [-0.25, -0.2) is 14.2 Å². The van der Waals surface area contributed by atoms with Crippen LogP contribution in [-0.2, 0) is 11.3 Å². The van der Waals surface area contributed by atoms with Crippen LogP contribution < -0.4 is 5.32 Å². The molecule has 1 saturated heterocycles. The van der Waals surface area contributed by atoms with Crippen molar-refractivity contribution in [3.63, 3.8) is 0 Å². The number of amides is 1. The molecule has 7 heteroatoms. The molecule has 2 atom stereocenters. The van der Waals surface area contributed by atoms with E-state index in [1.807, 2.05) is 60.9 Å². The molecule has 1 amide bonds. The molecule has 0 spiro atoms. The molecule has 31 heavy (non-hydrogen) atoms. The van der Waals surface area contributed by atoms with Gasteiger partial charge in [0.05, 0.1) is 0 Å². The fourth-order valence-corrected chi connectivity index (χ4v) is 4.37. The van der Waals surface area contributed by atoms with Crippen LogP contribution in [0.4, 0.5) is 9.18 Å². The Hall–Kier alpha value is -2.93. The Morgan fingerprint density at radius 1 is 1.16 bits per heavy atom. The number of carbonyl (C=O) groups excluding carboxylic acids is 1. The van der Waals surface area contributed by atoms with Crippen LogP contribution in [0.1, 0.15) is 36.4 Å². The SMILES string of the molecule is O=C(OCc1ccccc1)N1CCC(F)(CNC2CC2c2cnc3ccccn23)CC1. The predicted molar refractivity (Wildman–Crippen MR) is 116 cm³/mol. The molecule has 1 aromatic carbocycles. The fraction of sp³-hybridized carbons (Fsp3) is 0.417. The first-order valence-electron chi connectivity index (χ1n) is 10.9. The van der Waals surface area contributed by atoms with Gasteiger partial charge in [-0.1, -0.05) is 36.4 Å². The van der Waals surface area contributed by atoms with Crippen molar-refractivity contribution >= 4 is 11.7 Å². The largest absolute Gasteiger partial charge is 0.445 e. The van der Waals surface area contributed by atoms with E-state index < -0.39 is 5.67 Å². The summed E-state index contributed by atoms with van der Waals surface area (Å²) in [6.45, 7) is 1.32. The van der Waals surface area contributed by atoms with Crippen LogP contribution in [0.15, 0.2) is 60.9 Å². The normalized spacial score (nSPS) is 22.4. The van der Waals surface area contributed by atoms with E-state index in [1.54, 1.807) is 4.90 Å². The lowest BCUT2D eigenvalue weighted by atomic mass is 9.93. The van der Waals surface area contributed by atoms with Gasteiger partial charge >= 0.3 is 6.09 Å². The Labute approximate surface area is 181 Å². The van der Waals surface area contributed by atoms with E-state index in [9.17, 15) is 4.79 Å². The zero-order valence-electron chi connectivity index (χ0n) is 17.4. The van der Waals surface area contributed by atoms with Crippen LogP contribution in [0.3, 0.4) is 0 Å². The van der Waals surface area contributed by atoms with Gasteiger partial charge in [-0.15, -0.1) is 0 Å². The molecule has 3 aromatic rings. The van der Waals surface area contributed by atoms with Gasteiger partial charge in [0.2, 0.25) is 0 Å². The lowest BCUT2D eigenvalue weighted by Crippen LogP contribution is -2.49. The molecule has 1 saturated carbocycles. The molecule has 1 aliphatic carbocycles. The summed E-state index contributed by atoms with van der Waals surface area (Å²) in [5, 5.41) is 3.41. The first kappa shape index (κ1) is 20.0. The van der Waals surface area contributed by atoms with E-state index >= 15 is 4.39 Å². The van der Waals surface area contributed by atoms with Crippen molar-refractivity contribution in [1.29, 1.82) is 0 Å². The molecule has 2 fully saturated rings. The number of pyridine rings is 1. The summed E-state index contributed by atoms with van der Waals surface area (Å²) in [6.07, 6.45) is 5.23. The molecular formula is C24H27FN4O2. The van der Waals surface area contributed by atoms with Crippen LogP contribution in [0.5, 0.6) is 0 Å². The third-order valence-corrected chi connectivity index (χ3v) is 6.42. The maximum absolute atomic E-state index is 15.3. The standard InChI is InChI=1S/C24H27FN4O2/c25-24(9-12-28(13-10-24)23(30)31-16-18-6-2-1-3-7-18)17-27-20-14-19(20)21-15-26-22-8-4-5-11-29(21)22/h1-8,11,15,19-20,27H,9-10,12-14,16-17H2. The third kappa shape index (κ3) is 4.42. The number of likely N-dealkylation sites (tertiary alicyclic amines) is 1. The zero-order valence-corrected chi connectivity index (χ0v) is 17.4. The lowest BCUT2D eigenvalue weighted by molar-refractivity contribution is 0.0408. The molecule has 2 aromatic heterocycles. The number of hydrogen-bond donors (Lipinski definition) is 1. The summed E-state index contributed by atoms with van der Waals surface area (Å²) in [4.78, 5) is 18.4. The maximum atomic E-state index is 15.3. The Kier molecular flexibility index (Phi) is 5.36. The maximum Gasteiger partial charge on any atom is 0.410 e. The van der Waals surface area contributed by atoms with E-state index in [1.165, 1.54) is 5.69 Å². The summed E-state index contributed by atoms with van der Waals surface area (Å²) in [7, 11) is 0. The molecule has 0 radical (unpaired) electrons. The summed E-state index contributed by atoms with van der Waals surface area (Å²) in [5.74, 6) is 0.369. The van der Waals surface area contributed by atoms with Gasteiger partial charge in [0.1, 0.15) is 17.9 Å². The zero-order chi connectivity index (χ0) is 21.3. The van der Waals surface area contributed by atoms with Crippen molar-refractivity contribution in [3.05, 3.63) is 72.2 Å². The van der Waals surface area contributed by atoms with Crippen molar-refractivity contribution in [2.24, 2.45) is 0 Å². The van der Waals surface area contributed by atoms with Gasteiger partial charge in [0, 0.05) is 62.5 Å². The summed E-state index contributed by atoms with van der Waals surface area (Å²) >= 11 is 0. The van der Waals surface area contributed by atoms with Gasteiger partial charge < -0.3 is 19.4 Å². The van der Waals surface area contributed by atoms with Gasteiger partial charge in [-0.05, 0) is 24.1 Å². The quantitative estimate of drug-likeness (QED) is 0.654. The number of carbonyl (C=O) groups is 1. The highest BCUT2D eigenvalue weighted by Crippen LogP contribution is 2.41. The van der Waals surface area contributed by atoms with E-state index in [2.05, 4.69) is 14.7 Å².